The second-order valence-corrected chi connectivity index (χ2v) is 5.24. The quantitative estimate of drug-likeness (QED) is 0.753. The van der Waals surface area contributed by atoms with Gasteiger partial charge in [0.25, 0.3) is 0 Å². The fourth-order valence-corrected chi connectivity index (χ4v) is 2.20. The Bertz CT molecular complexity index is 822. The molecule has 0 bridgehead atoms. The minimum absolute atomic E-state index is 0.144. The molecule has 0 aliphatic carbocycles. The number of hydrogen-bond acceptors (Lipinski definition) is 5. The molecule has 6 heteroatoms. The Morgan fingerprint density at radius 3 is 2.67 bits per heavy atom. The fourth-order valence-electron chi connectivity index (χ4n) is 2.20. The predicted octanol–water partition coefficient (Wildman–Crippen LogP) is 2.26. The maximum atomic E-state index is 10.1. The predicted molar refractivity (Wildman–Crippen MR) is 88.1 cm³/mol. The highest BCUT2D eigenvalue weighted by Gasteiger charge is 2.09. The number of hydrogen-bond donors (Lipinski definition) is 1. The van der Waals surface area contributed by atoms with Gasteiger partial charge in [0.05, 0.1) is 23.9 Å². The number of ether oxygens (including phenoxy) is 1. The molecule has 0 amide bonds. The summed E-state index contributed by atoms with van der Waals surface area (Å²) in [5.74, 6) is 0.614. The van der Waals surface area contributed by atoms with Gasteiger partial charge in [0, 0.05) is 12.4 Å². The summed E-state index contributed by atoms with van der Waals surface area (Å²) in [6, 6.07) is 16.3. The Balaban J connectivity index is 1.54. The number of nitrogens with zero attached hydrogens (tertiary/aromatic N) is 4. The standard InChI is InChI=1S/C18H16N4O2/c19-11-14-4-6-16(7-5-14)24-13-15(23)12-22-10-8-18(21-22)17-3-1-2-9-20-17/h1-10,15,23H,12-13H2/t15-/m1/s1. The third-order valence-corrected chi connectivity index (χ3v) is 3.39. The molecule has 2 aromatic heterocycles. The first-order chi connectivity index (χ1) is 11.7. The van der Waals surface area contributed by atoms with Crippen molar-refractivity contribution in [2.24, 2.45) is 0 Å². The van der Waals surface area contributed by atoms with E-state index in [4.69, 9.17) is 10.00 Å². The van der Waals surface area contributed by atoms with Gasteiger partial charge >= 0.3 is 0 Å². The smallest absolute Gasteiger partial charge is 0.119 e. The molecule has 1 N–H and O–H groups in total. The molecule has 3 aromatic rings. The lowest BCUT2D eigenvalue weighted by molar-refractivity contribution is 0.0894. The van der Waals surface area contributed by atoms with E-state index in [0.717, 1.165) is 11.4 Å². The SMILES string of the molecule is N#Cc1ccc(OC[C@H](O)Cn2ccc(-c3ccccn3)n2)cc1. The number of benzene rings is 1. The molecule has 0 aliphatic rings. The van der Waals surface area contributed by atoms with Crippen molar-refractivity contribution in [1.82, 2.24) is 14.8 Å². The summed E-state index contributed by atoms with van der Waals surface area (Å²) in [6.07, 6.45) is 2.82. The molecule has 0 unspecified atom stereocenters. The van der Waals surface area contributed by atoms with Gasteiger partial charge in [-0.3, -0.25) is 9.67 Å². The number of pyridine rings is 1. The molecule has 1 atom stereocenters. The maximum absolute atomic E-state index is 10.1. The van der Waals surface area contributed by atoms with Crippen LogP contribution in [0.2, 0.25) is 0 Å². The highest BCUT2D eigenvalue weighted by molar-refractivity contribution is 5.52. The summed E-state index contributed by atoms with van der Waals surface area (Å²) in [4.78, 5) is 4.25. The first-order valence-corrected chi connectivity index (χ1v) is 7.50. The molecule has 0 saturated heterocycles. The van der Waals surface area contributed by atoms with Crippen LogP contribution in [-0.2, 0) is 6.54 Å². The van der Waals surface area contributed by atoms with Crippen molar-refractivity contribution in [2.75, 3.05) is 6.61 Å². The molecule has 24 heavy (non-hydrogen) atoms. The van der Waals surface area contributed by atoms with Crippen molar-refractivity contribution < 1.29 is 9.84 Å². The number of aliphatic hydroxyl groups is 1. The third kappa shape index (κ3) is 3.97. The van der Waals surface area contributed by atoms with Crippen molar-refractivity contribution in [3.05, 3.63) is 66.5 Å². The molecular weight excluding hydrogens is 304 g/mol. The van der Waals surface area contributed by atoms with Gasteiger partial charge < -0.3 is 9.84 Å². The van der Waals surface area contributed by atoms with Crippen molar-refractivity contribution in [1.29, 1.82) is 5.26 Å². The summed E-state index contributed by atoms with van der Waals surface area (Å²) in [5, 5.41) is 23.2. The van der Waals surface area contributed by atoms with Gasteiger partial charge in [-0.25, -0.2) is 0 Å². The van der Waals surface area contributed by atoms with E-state index in [9.17, 15) is 5.11 Å². The Morgan fingerprint density at radius 2 is 1.96 bits per heavy atom. The van der Waals surface area contributed by atoms with Crippen LogP contribution in [0.25, 0.3) is 11.4 Å². The van der Waals surface area contributed by atoms with Gasteiger partial charge in [0.15, 0.2) is 0 Å². The molecule has 0 radical (unpaired) electrons. The number of aliphatic hydroxyl groups excluding tert-OH is 1. The van der Waals surface area contributed by atoms with E-state index in [1.54, 1.807) is 41.3 Å². The Morgan fingerprint density at radius 1 is 1.12 bits per heavy atom. The minimum Gasteiger partial charge on any atom is -0.491 e. The van der Waals surface area contributed by atoms with Crippen molar-refractivity contribution >= 4 is 0 Å². The zero-order chi connectivity index (χ0) is 16.8. The van der Waals surface area contributed by atoms with E-state index in [2.05, 4.69) is 10.1 Å². The van der Waals surface area contributed by atoms with Crippen LogP contribution in [0, 0.1) is 11.3 Å². The van der Waals surface area contributed by atoms with Crippen LogP contribution in [0.5, 0.6) is 5.75 Å². The van der Waals surface area contributed by atoms with E-state index >= 15 is 0 Å². The average Bonchev–Trinajstić information content (AvgIpc) is 3.09. The van der Waals surface area contributed by atoms with Gasteiger partial charge in [-0.15, -0.1) is 0 Å². The second-order valence-electron chi connectivity index (χ2n) is 5.24. The van der Waals surface area contributed by atoms with Crippen molar-refractivity contribution in [2.45, 2.75) is 12.6 Å². The van der Waals surface area contributed by atoms with Crippen LogP contribution in [0.4, 0.5) is 0 Å². The van der Waals surface area contributed by atoms with Crippen molar-refractivity contribution in [3.63, 3.8) is 0 Å². The molecule has 2 heterocycles. The Labute approximate surface area is 139 Å². The number of rotatable bonds is 6. The van der Waals surface area contributed by atoms with Gasteiger partial charge in [0.1, 0.15) is 24.2 Å². The van der Waals surface area contributed by atoms with Crippen LogP contribution >= 0.6 is 0 Å². The minimum atomic E-state index is -0.697. The maximum Gasteiger partial charge on any atom is 0.119 e. The molecule has 6 nitrogen and oxygen atoms in total. The summed E-state index contributed by atoms with van der Waals surface area (Å²) >= 11 is 0. The summed E-state index contributed by atoms with van der Waals surface area (Å²) in [7, 11) is 0. The molecule has 3 rings (SSSR count). The average molecular weight is 320 g/mol. The Hall–Kier alpha value is -3.17. The molecule has 120 valence electrons. The summed E-state index contributed by atoms with van der Waals surface area (Å²) in [5.41, 5.74) is 2.12. The van der Waals surface area contributed by atoms with Gasteiger partial charge in [0.2, 0.25) is 0 Å². The van der Waals surface area contributed by atoms with E-state index in [0.29, 0.717) is 17.9 Å². The van der Waals surface area contributed by atoms with E-state index in [1.807, 2.05) is 30.3 Å². The van der Waals surface area contributed by atoms with E-state index < -0.39 is 6.10 Å². The van der Waals surface area contributed by atoms with Crippen LogP contribution in [0.1, 0.15) is 5.56 Å². The lowest BCUT2D eigenvalue weighted by Gasteiger charge is -2.12. The molecule has 0 spiro atoms. The number of aromatic nitrogens is 3. The fraction of sp³-hybridized carbons (Fsp3) is 0.167. The van der Waals surface area contributed by atoms with E-state index in [1.165, 1.54) is 0 Å². The molecule has 0 saturated carbocycles. The van der Waals surface area contributed by atoms with E-state index in [-0.39, 0.29) is 6.61 Å². The zero-order valence-corrected chi connectivity index (χ0v) is 12.9. The largest absolute Gasteiger partial charge is 0.491 e. The first kappa shape index (κ1) is 15.7. The third-order valence-electron chi connectivity index (χ3n) is 3.39. The van der Waals surface area contributed by atoms with Gasteiger partial charge in [-0.05, 0) is 42.5 Å². The number of nitriles is 1. The van der Waals surface area contributed by atoms with Crippen LogP contribution in [0.3, 0.4) is 0 Å². The lowest BCUT2D eigenvalue weighted by atomic mass is 10.2. The lowest BCUT2D eigenvalue weighted by Crippen LogP contribution is -2.23. The molecule has 0 aliphatic heterocycles. The van der Waals surface area contributed by atoms with Crippen LogP contribution in [-0.4, -0.2) is 32.6 Å². The molecule has 0 fully saturated rings. The normalized spacial score (nSPS) is 11.7. The second kappa shape index (κ2) is 7.40. The van der Waals surface area contributed by atoms with Crippen LogP contribution < -0.4 is 4.74 Å². The van der Waals surface area contributed by atoms with Gasteiger partial charge in [-0.1, -0.05) is 6.07 Å². The molecular formula is C18H16N4O2. The zero-order valence-electron chi connectivity index (χ0n) is 12.9. The van der Waals surface area contributed by atoms with Gasteiger partial charge in [-0.2, -0.15) is 10.4 Å². The highest BCUT2D eigenvalue weighted by Crippen LogP contribution is 2.14. The summed E-state index contributed by atoms with van der Waals surface area (Å²) < 4.78 is 7.18. The summed E-state index contributed by atoms with van der Waals surface area (Å²) in [6.45, 7) is 0.466. The van der Waals surface area contributed by atoms with Crippen molar-refractivity contribution in [3.8, 4) is 23.2 Å². The molecule has 1 aromatic carbocycles. The first-order valence-electron chi connectivity index (χ1n) is 7.50. The topological polar surface area (TPSA) is 84.0 Å². The monoisotopic (exact) mass is 320 g/mol. The highest BCUT2D eigenvalue weighted by atomic mass is 16.5. The van der Waals surface area contributed by atoms with Crippen LogP contribution in [0.15, 0.2) is 60.9 Å². The Kier molecular flexibility index (Phi) is 4.84.